The number of nitrogens with zero attached hydrogens (tertiary/aromatic N) is 1. The van der Waals surface area contributed by atoms with Gasteiger partial charge in [0.25, 0.3) is 11.6 Å². The summed E-state index contributed by atoms with van der Waals surface area (Å²) in [6.07, 6.45) is 3.32. The summed E-state index contributed by atoms with van der Waals surface area (Å²) in [4.78, 5) is 23.7. The number of amides is 1. The van der Waals surface area contributed by atoms with Crippen molar-refractivity contribution in [2.24, 2.45) is 0 Å². The number of anilines is 1. The maximum atomic E-state index is 12.8. The van der Waals surface area contributed by atoms with Gasteiger partial charge in [-0.1, -0.05) is 18.2 Å². The summed E-state index contributed by atoms with van der Waals surface area (Å²) >= 11 is 0. The van der Waals surface area contributed by atoms with E-state index in [9.17, 15) is 14.9 Å². The van der Waals surface area contributed by atoms with Crippen molar-refractivity contribution < 1.29 is 28.3 Å². The van der Waals surface area contributed by atoms with Crippen LogP contribution in [-0.4, -0.2) is 17.9 Å². The molecular weight excluding hydrogens is 476 g/mol. The molecule has 0 saturated heterocycles. The average Bonchev–Trinajstić information content (AvgIpc) is 3.57. The number of aryl methyl sites for hydroxylation is 2. The van der Waals surface area contributed by atoms with Crippen LogP contribution in [0.1, 0.15) is 33.9 Å². The molecule has 1 amide bonds. The van der Waals surface area contributed by atoms with E-state index in [1.54, 1.807) is 30.3 Å². The van der Waals surface area contributed by atoms with Crippen LogP contribution >= 0.6 is 0 Å². The highest BCUT2D eigenvalue weighted by Crippen LogP contribution is 2.34. The number of rotatable bonds is 9. The first-order chi connectivity index (χ1) is 18.0. The fourth-order valence-corrected chi connectivity index (χ4v) is 4.21. The van der Waals surface area contributed by atoms with Gasteiger partial charge in [0.05, 0.1) is 23.8 Å². The number of para-hydroxylation sites is 2. The number of hydrogen-bond acceptors (Lipinski definition) is 7. The molecule has 0 aliphatic heterocycles. The third kappa shape index (κ3) is 5.56. The first-order valence-corrected chi connectivity index (χ1v) is 11.7. The molecule has 0 bridgehead atoms. The van der Waals surface area contributed by atoms with E-state index in [1.165, 1.54) is 42.5 Å². The molecule has 188 valence electrons. The van der Waals surface area contributed by atoms with Gasteiger partial charge in [-0.05, 0) is 66.8 Å². The molecule has 0 fully saturated rings. The molecule has 0 spiro atoms. The Morgan fingerprint density at radius 2 is 1.78 bits per heavy atom. The molecule has 1 heterocycles. The van der Waals surface area contributed by atoms with Crippen LogP contribution in [-0.2, 0) is 19.4 Å². The van der Waals surface area contributed by atoms with Crippen molar-refractivity contribution in [2.45, 2.75) is 25.9 Å². The van der Waals surface area contributed by atoms with E-state index < -0.39 is 10.8 Å². The van der Waals surface area contributed by atoms with Crippen molar-refractivity contribution in [3.8, 4) is 23.0 Å². The zero-order valence-electron chi connectivity index (χ0n) is 20.1. The molecule has 4 aromatic rings. The van der Waals surface area contributed by atoms with E-state index in [1.807, 2.05) is 12.1 Å². The quantitative estimate of drug-likeness (QED) is 0.212. The van der Waals surface area contributed by atoms with Crippen LogP contribution in [0.3, 0.4) is 0 Å². The number of methoxy groups -OCH3 is 1. The number of carbonyl (C=O) groups is 1. The van der Waals surface area contributed by atoms with Crippen molar-refractivity contribution in [1.82, 2.24) is 0 Å². The molecule has 9 heteroatoms. The highest BCUT2D eigenvalue weighted by atomic mass is 16.6. The summed E-state index contributed by atoms with van der Waals surface area (Å²) in [6.45, 7) is 0.166. The summed E-state index contributed by atoms with van der Waals surface area (Å²) in [7, 11) is 1.50. The highest BCUT2D eigenvalue weighted by molar-refractivity contribution is 6.02. The van der Waals surface area contributed by atoms with Crippen LogP contribution in [0.2, 0.25) is 0 Å². The molecular formula is C28H24N2O7. The van der Waals surface area contributed by atoms with Gasteiger partial charge in [-0.25, -0.2) is 0 Å². The zero-order chi connectivity index (χ0) is 25.8. The number of hydrogen-bond donors (Lipinski definition) is 1. The highest BCUT2D eigenvalue weighted by Gasteiger charge is 2.17. The van der Waals surface area contributed by atoms with Crippen molar-refractivity contribution in [3.05, 3.63) is 106 Å². The van der Waals surface area contributed by atoms with Gasteiger partial charge in [0.1, 0.15) is 23.9 Å². The monoisotopic (exact) mass is 500 g/mol. The van der Waals surface area contributed by atoms with Gasteiger partial charge >= 0.3 is 0 Å². The Hall–Kier alpha value is -4.79. The van der Waals surface area contributed by atoms with Gasteiger partial charge < -0.3 is 23.9 Å². The molecule has 1 aliphatic rings. The first-order valence-electron chi connectivity index (χ1n) is 11.7. The van der Waals surface area contributed by atoms with E-state index >= 15 is 0 Å². The minimum atomic E-state index is -0.563. The zero-order valence-corrected chi connectivity index (χ0v) is 20.1. The summed E-state index contributed by atoms with van der Waals surface area (Å²) in [5.41, 5.74) is 2.60. The number of nitro groups is 1. The lowest BCUT2D eigenvalue weighted by Gasteiger charge is -2.11. The molecule has 37 heavy (non-hydrogen) atoms. The Labute approximate surface area is 212 Å². The Morgan fingerprint density at radius 3 is 2.59 bits per heavy atom. The molecule has 9 nitrogen and oxygen atoms in total. The average molecular weight is 501 g/mol. The minimum absolute atomic E-state index is 0.0475. The number of non-ortho nitro benzene ring substituents is 1. The number of carbonyl (C=O) groups excluding carboxylic acids is 1. The SMILES string of the molecule is COc1ccccc1Oc1cc(NC(=O)c2ccc(COc3ccc4c(c3)CCC4)o2)cc([N+](=O)[O-])c1. The maximum absolute atomic E-state index is 12.8. The molecule has 1 N–H and O–H groups in total. The van der Waals surface area contributed by atoms with Crippen LogP contribution < -0.4 is 19.5 Å². The lowest BCUT2D eigenvalue weighted by atomic mass is 10.1. The number of ether oxygens (including phenoxy) is 3. The second-order valence-electron chi connectivity index (χ2n) is 8.52. The first kappa shape index (κ1) is 23.9. The van der Waals surface area contributed by atoms with Crippen molar-refractivity contribution >= 4 is 17.3 Å². The molecule has 1 aromatic heterocycles. The third-order valence-corrected chi connectivity index (χ3v) is 5.99. The van der Waals surface area contributed by atoms with Crippen LogP contribution in [0, 0.1) is 10.1 Å². The van der Waals surface area contributed by atoms with Crippen LogP contribution in [0.15, 0.2) is 77.2 Å². The van der Waals surface area contributed by atoms with E-state index in [0.29, 0.717) is 17.3 Å². The fourth-order valence-electron chi connectivity index (χ4n) is 4.21. The smallest absolute Gasteiger partial charge is 0.291 e. The molecule has 5 rings (SSSR count). The lowest BCUT2D eigenvalue weighted by molar-refractivity contribution is -0.384. The predicted octanol–water partition coefficient (Wildman–Crippen LogP) is 6.31. The topological polar surface area (TPSA) is 113 Å². The van der Waals surface area contributed by atoms with Gasteiger partial charge in [-0.2, -0.15) is 0 Å². The lowest BCUT2D eigenvalue weighted by Crippen LogP contribution is -2.11. The summed E-state index contributed by atoms with van der Waals surface area (Å²) in [5.74, 6) is 1.72. The van der Waals surface area contributed by atoms with Crippen molar-refractivity contribution in [3.63, 3.8) is 0 Å². The van der Waals surface area contributed by atoms with Gasteiger partial charge in [-0.3, -0.25) is 14.9 Å². The van der Waals surface area contributed by atoms with Crippen LogP contribution in [0.5, 0.6) is 23.0 Å². The second kappa shape index (κ2) is 10.4. The molecule has 0 radical (unpaired) electrons. The van der Waals surface area contributed by atoms with Crippen LogP contribution in [0.25, 0.3) is 0 Å². The molecule has 0 saturated carbocycles. The number of nitro benzene ring substituents is 1. The van der Waals surface area contributed by atoms with E-state index in [2.05, 4.69) is 11.4 Å². The largest absolute Gasteiger partial charge is 0.493 e. The Morgan fingerprint density at radius 1 is 0.973 bits per heavy atom. The minimum Gasteiger partial charge on any atom is -0.493 e. The van der Waals surface area contributed by atoms with E-state index in [0.717, 1.165) is 25.0 Å². The summed E-state index contributed by atoms with van der Waals surface area (Å²) in [6, 6.07) is 20.2. The number of furan rings is 1. The van der Waals surface area contributed by atoms with E-state index in [-0.39, 0.29) is 29.5 Å². The molecule has 0 atom stereocenters. The van der Waals surface area contributed by atoms with Gasteiger partial charge in [0, 0.05) is 12.1 Å². The third-order valence-electron chi connectivity index (χ3n) is 5.99. The molecule has 0 unspecified atom stereocenters. The number of nitrogens with one attached hydrogen (secondary N) is 1. The normalized spacial score (nSPS) is 12.0. The molecule has 3 aromatic carbocycles. The number of benzene rings is 3. The van der Waals surface area contributed by atoms with Crippen molar-refractivity contribution in [2.75, 3.05) is 12.4 Å². The number of fused-ring (bicyclic) bond motifs is 1. The Bertz CT molecular complexity index is 1460. The van der Waals surface area contributed by atoms with Crippen molar-refractivity contribution in [1.29, 1.82) is 0 Å². The predicted molar refractivity (Wildman–Crippen MR) is 136 cm³/mol. The fraction of sp³-hybridized carbons (Fsp3) is 0.179. The van der Waals surface area contributed by atoms with Gasteiger partial charge in [-0.15, -0.1) is 0 Å². The van der Waals surface area contributed by atoms with E-state index in [4.69, 9.17) is 18.6 Å². The summed E-state index contributed by atoms with van der Waals surface area (Å²) in [5, 5.41) is 14.1. The van der Waals surface area contributed by atoms with Gasteiger partial charge in [0.15, 0.2) is 17.3 Å². The van der Waals surface area contributed by atoms with Gasteiger partial charge in [0.2, 0.25) is 0 Å². The second-order valence-corrected chi connectivity index (χ2v) is 8.52. The standard InChI is InChI=1S/C28H24N2O7/c1-34-25-7-2-3-8-26(25)37-24-15-20(14-21(16-24)30(32)33)29-28(31)27-12-11-23(36-27)17-35-22-10-9-18-5-4-6-19(18)13-22/h2-3,7-16H,4-6,17H2,1H3,(H,29,31). The van der Waals surface area contributed by atoms with Crippen LogP contribution in [0.4, 0.5) is 11.4 Å². The Kier molecular flexibility index (Phi) is 6.76. The molecule has 1 aliphatic carbocycles. The summed E-state index contributed by atoms with van der Waals surface area (Å²) < 4.78 is 22.6. The maximum Gasteiger partial charge on any atom is 0.291 e. The Balaban J connectivity index is 1.27.